The highest BCUT2D eigenvalue weighted by Gasteiger charge is 2.32. The number of phenols is 1. The van der Waals surface area contributed by atoms with Gasteiger partial charge in [0.1, 0.15) is 5.75 Å². The van der Waals surface area contributed by atoms with E-state index < -0.39 is 6.04 Å². The molecule has 0 unspecified atom stereocenters. The smallest absolute Gasteiger partial charge is 0.240 e. The van der Waals surface area contributed by atoms with Crippen molar-refractivity contribution in [2.24, 2.45) is 11.1 Å². The van der Waals surface area contributed by atoms with Gasteiger partial charge in [0.05, 0.1) is 6.04 Å². The predicted octanol–water partition coefficient (Wildman–Crippen LogP) is 1.41. The van der Waals surface area contributed by atoms with E-state index in [4.69, 9.17) is 5.73 Å². The van der Waals surface area contributed by atoms with Crippen LogP contribution in [0.5, 0.6) is 5.75 Å². The summed E-state index contributed by atoms with van der Waals surface area (Å²) in [6.07, 6.45) is 0. The van der Waals surface area contributed by atoms with Gasteiger partial charge >= 0.3 is 0 Å². The lowest BCUT2D eigenvalue weighted by Crippen LogP contribution is -2.56. The van der Waals surface area contributed by atoms with Crippen molar-refractivity contribution < 1.29 is 9.90 Å². The van der Waals surface area contributed by atoms with E-state index in [9.17, 15) is 9.90 Å². The molecule has 0 spiro atoms. The fraction of sp³-hybridized carbons (Fsp3) is 0.588. The van der Waals surface area contributed by atoms with Gasteiger partial charge in [0.2, 0.25) is 5.91 Å². The highest BCUT2D eigenvalue weighted by atomic mass is 16.3. The van der Waals surface area contributed by atoms with Crippen LogP contribution in [0, 0.1) is 5.41 Å². The molecule has 122 valence electrons. The van der Waals surface area contributed by atoms with Gasteiger partial charge in [-0.05, 0) is 23.1 Å². The van der Waals surface area contributed by atoms with Gasteiger partial charge in [-0.25, -0.2) is 0 Å². The van der Waals surface area contributed by atoms with E-state index in [1.54, 1.807) is 12.1 Å². The van der Waals surface area contributed by atoms with Crippen molar-refractivity contribution in [2.75, 3.05) is 26.2 Å². The van der Waals surface area contributed by atoms with Crippen LogP contribution in [-0.4, -0.2) is 53.0 Å². The lowest BCUT2D eigenvalue weighted by atomic mass is 9.86. The molecule has 5 nitrogen and oxygen atoms in total. The van der Waals surface area contributed by atoms with Crippen LogP contribution in [0.15, 0.2) is 24.3 Å². The number of piperazine rings is 1. The third kappa shape index (κ3) is 4.21. The van der Waals surface area contributed by atoms with Crippen molar-refractivity contribution in [3.05, 3.63) is 29.8 Å². The van der Waals surface area contributed by atoms with Crippen LogP contribution < -0.4 is 5.73 Å². The van der Waals surface area contributed by atoms with Crippen LogP contribution >= 0.6 is 0 Å². The van der Waals surface area contributed by atoms with Crippen LogP contribution in [0.4, 0.5) is 0 Å². The molecule has 1 heterocycles. The van der Waals surface area contributed by atoms with E-state index in [0.29, 0.717) is 18.8 Å². The van der Waals surface area contributed by atoms with Crippen LogP contribution in [-0.2, 0) is 11.3 Å². The maximum atomic E-state index is 12.4. The molecule has 1 saturated heterocycles. The molecule has 0 saturated carbocycles. The van der Waals surface area contributed by atoms with E-state index >= 15 is 0 Å². The van der Waals surface area contributed by atoms with Gasteiger partial charge in [-0.1, -0.05) is 32.9 Å². The summed E-state index contributed by atoms with van der Waals surface area (Å²) >= 11 is 0. The average Bonchev–Trinajstić information content (AvgIpc) is 2.45. The second kappa shape index (κ2) is 6.67. The van der Waals surface area contributed by atoms with Gasteiger partial charge in [-0.15, -0.1) is 0 Å². The topological polar surface area (TPSA) is 69.8 Å². The molecule has 5 heteroatoms. The molecule has 1 amide bonds. The standard InChI is InChI=1S/C17H27N3O2/c1-17(2,3)15(18)16(22)20-9-7-19(8-10-20)12-13-5-4-6-14(21)11-13/h4-6,11,15,21H,7-10,12,18H2,1-3H3/t15-/m1/s1. The minimum Gasteiger partial charge on any atom is -0.508 e. The van der Waals surface area contributed by atoms with Crippen LogP contribution in [0.3, 0.4) is 0 Å². The number of rotatable bonds is 3. The number of carbonyl (C=O) groups is 1. The molecule has 0 radical (unpaired) electrons. The summed E-state index contributed by atoms with van der Waals surface area (Å²) in [5, 5.41) is 9.51. The first-order valence-electron chi connectivity index (χ1n) is 7.82. The Balaban J connectivity index is 1.87. The average molecular weight is 305 g/mol. The highest BCUT2D eigenvalue weighted by Crippen LogP contribution is 2.20. The Labute approximate surface area is 132 Å². The highest BCUT2D eigenvalue weighted by molar-refractivity contribution is 5.82. The Kier molecular flexibility index (Phi) is 5.08. The lowest BCUT2D eigenvalue weighted by molar-refractivity contribution is -0.136. The van der Waals surface area contributed by atoms with Crippen molar-refractivity contribution in [1.29, 1.82) is 0 Å². The normalized spacial score (nSPS) is 18.3. The van der Waals surface area contributed by atoms with Gasteiger partial charge < -0.3 is 15.7 Å². The van der Waals surface area contributed by atoms with Gasteiger partial charge in [0.15, 0.2) is 0 Å². The number of hydrogen-bond acceptors (Lipinski definition) is 4. The molecule has 1 atom stereocenters. The van der Waals surface area contributed by atoms with E-state index in [1.165, 1.54) is 0 Å². The van der Waals surface area contributed by atoms with Crippen LogP contribution in [0.2, 0.25) is 0 Å². The number of phenolic OH excluding ortho intramolecular Hbond substituents is 1. The first kappa shape index (κ1) is 16.8. The Hall–Kier alpha value is -1.59. The second-order valence-electron chi connectivity index (χ2n) is 7.12. The van der Waals surface area contributed by atoms with Gasteiger partial charge in [-0.3, -0.25) is 9.69 Å². The third-order valence-electron chi connectivity index (χ3n) is 4.20. The molecule has 1 fully saturated rings. The summed E-state index contributed by atoms with van der Waals surface area (Å²) in [5.41, 5.74) is 6.94. The zero-order chi connectivity index (χ0) is 16.3. The van der Waals surface area contributed by atoms with Crippen LogP contribution in [0.25, 0.3) is 0 Å². The molecule has 0 aromatic heterocycles. The monoisotopic (exact) mass is 305 g/mol. The first-order valence-corrected chi connectivity index (χ1v) is 7.82. The molecule has 1 aliphatic rings. The first-order chi connectivity index (χ1) is 10.3. The van der Waals surface area contributed by atoms with E-state index in [0.717, 1.165) is 25.2 Å². The summed E-state index contributed by atoms with van der Waals surface area (Å²) in [4.78, 5) is 16.6. The molecule has 0 aliphatic carbocycles. The zero-order valence-corrected chi connectivity index (χ0v) is 13.7. The quantitative estimate of drug-likeness (QED) is 0.886. The summed E-state index contributed by atoms with van der Waals surface area (Å²) in [6.45, 7) is 9.86. The molecule has 1 aromatic rings. The summed E-state index contributed by atoms with van der Waals surface area (Å²) in [5.74, 6) is 0.340. The lowest BCUT2D eigenvalue weighted by Gasteiger charge is -2.38. The molecular formula is C17H27N3O2. The molecule has 1 aliphatic heterocycles. The number of hydrogen-bond donors (Lipinski definition) is 2. The SMILES string of the molecule is CC(C)(C)[C@H](N)C(=O)N1CCN(Cc2cccc(O)c2)CC1. The van der Waals surface area contributed by atoms with Crippen molar-refractivity contribution >= 4 is 5.91 Å². The second-order valence-corrected chi connectivity index (χ2v) is 7.12. The van der Waals surface area contributed by atoms with Crippen molar-refractivity contribution in [2.45, 2.75) is 33.4 Å². The zero-order valence-electron chi connectivity index (χ0n) is 13.7. The third-order valence-corrected chi connectivity index (χ3v) is 4.20. The predicted molar refractivity (Wildman–Crippen MR) is 87.4 cm³/mol. The van der Waals surface area contributed by atoms with Crippen molar-refractivity contribution in [3.8, 4) is 5.75 Å². The number of nitrogens with two attached hydrogens (primary N) is 1. The maximum Gasteiger partial charge on any atom is 0.240 e. The summed E-state index contributed by atoms with van der Waals surface area (Å²) in [7, 11) is 0. The van der Waals surface area contributed by atoms with E-state index in [2.05, 4.69) is 4.90 Å². The fourth-order valence-electron chi connectivity index (χ4n) is 2.61. The maximum absolute atomic E-state index is 12.4. The molecule has 2 rings (SSSR count). The Morgan fingerprint density at radius 1 is 1.27 bits per heavy atom. The number of amides is 1. The van der Waals surface area contributed by atoms with Crippen LogP contribution in [0.1, 0.15) is 26.3 Å². The van der Waals surface area contributed by atoms with Gasteiger partial charge in [-0.2, -0.15) is 0 Å². The Morgan fingerprint density at radius 2 is 1.91 bits per heavy atom. The van der Waals surface area contributed by atoms with E-state index in [-0.39, 0.29) is 11.3 Å². The largest absolute Gasteiger partial charge is 0.508 e. The number of carbonyl (C=O) groups excluding carboxylic acids is 1. The molecule has 22 heavy (non-hydrogen) atoms. The van der Waals surface area contributed by atoms with E-state index in [1.807, 2.05) is 37.8 Å². The molecule has 1 aromatic carbocycles. The minimum absolute atomic E-state index is 0.0458. The van der Waals surface area contributed by atoms with Gasteiger partial charge in [0, 0.05) is 32.7 Å². The number of benzene rings is 1. The van der Waals surface area contributed by atoms with Crippen molar-refractivity contribution in [3.63, 3.8) is 0 Å². The molecular weight excluding hydrogens is 278 g/mol. The fourth-order valence-corrected chi connectivity index (χ4v) is 2.61. The number of aromatic hydroxyl groups is 1. The summed E-state index contributed by atoms with van der Waals surface area (Å²) < 4.78 is 0. The minimum atomic E-state index is -0.454. The van der Waals surface area contributed by atoms with Crippen molar-refractivity contribution in [1.82, 2.24) is 9.80 Å². The summed E-state index contributed by atoms with van der Waals surface area (Å²) in [6, 6.07) is 6.87. The molecule has 0 bridgehead atoms. The Morgan fingerprint density at radius 3 is 2.45 bits per heavy atom. The Bertz CT molecular complexity index is 517. The number of nitrogens with zero attached hydrogens (tertiary/aromatic N) is 2. The van der Waals surface area contributed by atoms with Gasteiger partial charge in [0.25, 0.3) is 0 Å². The molecule has 3 N–H and O–H groups in total.